The van der Waals surface area contributed by atoms with Crippen LogP contribution in [0.25, 0.3) is 0 Å². The van der Waals surface area contributed by atoms with Crippen molar-refractivity contribution in [1.29, 1.82) is 0 Å². The summed E-state index contributed by atoms with van der Waals surface area (Å²) in [5, 5.41) is 12.0. The Hall–Kier alpha value is -3.03. The van der Waals surface area contributed by atoms with Gasteiger partial charge in [-0.3, -0.25) is 14.4 Å². The average Bonchev–Trinajstić information content (AvgIpc) is 2.73. The van der Waals surface area contributed by atoms with Crippen LogP contribution in [0.2, 0.25) is 5.02 Å². The number of benzene rings is 2. The van der Waals surface area contributed by atoms with Crippen molar-refractivity contribution in [2.45, 2.75) is 27.7 Å². The molecule has 0 spiro atoms. The van der Waals surface area contributed by atoms with E-state index in [-0.39, 0.29) is 23.0 Å². The summed E-state index contributed by atoms with van der Waals surface area (Å²) in [4.78, 5) is 43.5. The van der Waals surface area contributed by atoms with E-state index in [2.05, 4.69) is 10.3 Å². The molecule has 0 saturated heterocycles. The summed E-state index contributed by atoms with van der Waals surface area (Å²) < 4.78 is 0. The van der Waals surface area contributed by atoms with Gasteiger partial charge in [-0.2, -0.15) is 0 Å². The lowest BCUT2D eigenvalue weighted by atomic mass is 9.87. The predicted octanol–water partition coefficient (Wildman–Crippen LogP) is 4.22. The summed E-state index contributed by atoms with van der Waals surface area (Å²) in [6.07, 6.45) is 0.639. The molecule has 0 radical (unpaired) electrons. The van der Waals surface area contributed by atoms with Gasteiger partial charge in [-0.05, 0) is 42.8 Å². The molecule has 1 amide bonds. The van der Waals surface area contributed by atoms with Crippen LogP contribution in [0.1, 0.15) is 36.7 Å². The minimum atomic E-state index is -0.847. The number of nitrogens with one attached hydrogen (secondary N) is 1. The normalized spacial score (nSPS) is 11.8. The van der Waals surface area contributed by atoms with E-state index >= 15 is 0 Å². The van der Waals surface area contributed by atoms with Gasteiger partial charge in [-0.15, -0.1) is 0 Å². The topological polar surface area (TPSA) is 99.1 Å². The number of carbonyl (C=O) groups is 3. The van der Waals surface area contributed by atoms with E-state index in [1.807, 2.05) is 31.0 Å². The molecule has 0 unspecified atom stereocenters. The first-order chi connectivity index (χ1) is 15.0. The molecule has 0 aromatic heterocycles. The minimum absolute atomic E-state index is 0.0215. The molecule has 170 valence electrons. The van der Waals surface area contributed by atoms with Crippen molar-refractivity contribution in [2.24, 2.45) is 10.4 Å². The Morgan fingerprint density at radius 3 is 2.44 bits per heavy atom. The number of aliphatic hydroxyl groups is 1. The van der Waals surface area contributed by atoms with Gasteiger partial charge in [0, 0.05) is 30.3 Å². The second-order valence-electron chi connectivity index (χ2n) is 8.47. The van der Waals surface area contributed by atoms with Crippen LogP contribution >= 0.6 is 11.6 Å². The number of rotatable bonds is 8. The number of nitrogens with zero attached hydrogens (tertiary/aromatic N) is 2. The van der Waals surface area contributed by atoms with Crippen molar-refractivity contribution in [3.63, 3.8) is 0 Å². The second kappa shape index (κ2) is 10.5. The van der Waals surface area contributed by atoms with Gasteiger partial charge in [0.25, 0.3) is 5.91 Å². The standard InChI is InChI=1S/C24H28ClN3O4/c1-15-12-17(28(5)10-11-29)7-9-19(15)26-21(22(31)24(2,3)4)23(32)27-20-13-16(14-30)6-8-18(20)25/h6-9,12-14,29H,10-11H2,1-5H3,(H,27,32). The SMILES string of the molecule is Cc1cc(N(C)CCO)ccc1N=C(C(=O)Nc1cc(C=O)ccc1Cl)C(=O)C(C)(C)C. The third kappa shape index (κ3) is 6.24. The number of halogens is 1. The van der Waals surface area contributed by atoms with Crippen LogP contribution in [0.3, 0.4) is 0 Å². The molecule has 2 N–H and O–H groups in total. The van der Waals surface area contributed by atoms with Crippen LogP contribution in [0.15, 0.2) is 41.4 Å². The predicted molar refractivity (Wildman–Crippen MR) is 129 cm³/mol. The summed E-state index contributed by atoms with van der Waals surface area (Å²) in [5.41, 5.74) is 1.56. The molecule has 0 aliphatic carbocycles. The maximum Gasteiger partial charge on any atom is 0.278 e. The largest absolute Gasteiger partial charge is 0.395 e. The lowest BCUT2D eigenvalue weighted by molar-refractivity contribution is -0.121. The summed E-state index contributed by atoms with van der Waals surface area (Å²) in [7, 11) is 1.85. The molecule has 2 aromatic rings. The molecule has 7 nitrogen and oxygen atoms in total. The van der Waals surface area contributed by atoms with Crippen LogP contribution in [0, 0.1) is 12.3 Å². The molecule has 0 aliphatic heterocycles. The number of anilines is 2. The number of ketones is 1. The van der Waals surface area contributed by atoms with Crippen LogP contribution in [-0.4, -0.2) is 49.0 Å². The first-order valence-corrected chi connectivity index (χ1v) is 10.5. The molecule has 0 bridgehead atoms. The minimum Gasteiger partial charge on any atom is -0.395 e. The number of Topliss-reactive ketones (excluding diaryl/α,β-unsaturated/α-hetero) is 1. The summed E-state index contributed by atoms with van der Waals surface area (Å²) in [6, 6.07) is 9.86. The van der Waals surface area contributed by atoms with Crippen LogP contribution in [-0.2, 0) is 9.59 Å². The van der Waals surface area contributed by atoms with Crippen LogP contribution in [0.4, 0.5) is 17.1 Å². The Bertz CT molecular complexity index is 1060. The lowest BCUT2D eigenvalue weighted by Gasteiger charge is -2.20. The molecule has 0 aliphatic rings. The molecular weight excluding hydrogens is 430 g/mol. The third-order valence-electron chi connectivity index (χ3n) is 4.77. The van der Waals surface area contributed by atoms with Gasteiger partial charge in [-0.1, -0.05) is 38.4 Å². The maximum atomic E-state index is 13.1. The van der Waals surface area contributed by atoms with Crippen molar-refractivity contribution in [3.8, 4) is 0 Å². The van der Waals surface area contributed by atoms with Gasteiger partial charge < -0.3 is 15.3 Å². The van der Waals surface area contributed by atoms with Crippen molar-refractivity contribution in [2.75, 3.05) is 30.4 Å². The van der Waals surface area contributed by atoms with E-state index in [0.29, 0.717) is 24.1 Å². The van der Waals surface area contributed by atoms with Crippen LogP contribution in [0.5, 0.6) is 0 Å². The second-order valence-corrected chi connectivity index (χ2v) is 8.87. The van der Waals surface area contributed by atoms with Gasteiger partial charge in [-0.25, -0.2) is 4.99 Å². The number of aryl methyl sites for hydroxylation is 1. The zero-order valence-corrected chi connectivity index (χ0v) is 19.7. The van der Waals surface area contributed by atoms with Crippen LogP contribution < -0.4 is 10.2 Å². The number of amides is 1. The van der Waals surface area contributed by atoms with Gasteiger partial charge in [0.2, 0.25) is 0 Å². The third-order valence-corrected chi connectivity index (χ3v) is 5.10. The first-order valence-electron chi connectivity index (χ1n) is 10.1. The zero-order chi connectivity index (χ0) is 24.1. The van der Waals surface area contributed by atoms with Crippen molar-refractivity contribution in [3.05, 3.63) is 52.5 Å². The van der Waals surface area contributed by atoms with Gasteiger partial charge >= 0.3 is 0 Å². The van der Waals surface area contributed by atoms with E-state index in [0.717, 1.165) is 11.3 Å². The van der Waals surface area contributed by atoms with E-state index in [1.54, 1.807) is 26.8 Å². The Morgan fingerprint density at radius 2 is 1.88 bits per heavy atom. The molecular formula is C24H28ClN3O4. The quantitative estimate of drug-likeness (QED) is 0.351. The number of aliphatic imine (C=N–C) groups is 1. The fourth-order valence-electron chi connectivity index (χ4n) is 2.86. The fraction of sp³-hybridized carbons (Fsp3) is 0.333. The van der Waals surface area contributed by atoms with E-state index in [4.69, 9.17) is 16.7 Å². The number of likely N-dealkylation sites (N-methyl/N-ethyl adjacent to an activating group) is 1. The van der Waals surface area contributed by atoms with Gasteiger partial charge in [0.1, 0.15) is 6.29 Å². The Labute approximate surface area is 193 Å². The number of aliphatic hydroxyl groups excluding tert-OH is 1. The number of aldehydes is 1. The monoisotopic (exact) mass is 457 g/mol. The molecule has 8 heteroatoms. The van der Waals surface area contributed by atoms with E-state index < -0.39 is 17.1 Å². The van der Waals surface area contributed by atoms with Gasteiger partial charge in [0.15, 0.2) is 11.5 Å². The molecule has 0 fully saturated rings. The summed E-state index contributed by atoms with van der Waals surface area (Å²) in [6.45, 7) is 7.44. The Morgan fingerprint density at radius 1 is 1.19 bits per heavy atom. The average molecular weight is 458 g/mol. The highest BCUT2D eigenvalue weighted by Gasteiger charge is 2.31. The zero-order valence-electron chi connectivity index (χ0n) is 18.9. The molecule has 0 atom stereocenters. The van der Waals surface area contributed by atoms with Crippen molar-refractivity contribution >= 4 is 52.4 Å². The highest BCUT2D eigenvalue weighted by Crippen LogP contribution is 2.27. The van der Waals surface area contributed by atoms with Gasteiger partial charge in [0.05, 0.1) is 23.0 Å². The first kappa shape index (κ1) is 25.2. The summed E-state index contributed by atoms with van der Waals surface area (Å²) in [5.74, 6) is -1.14. The van der Waals surface area contributed by atoms with Crippen molar-refractivity contribution in [1.82, 2.24) is 0 Å². The number of hydrogen-bond acceptors (Lipinski definition) is 6. The molecule has 2 rings (SSSR count). The summed E-state index contributed by atoms with van der Waals surface area (Å²) >= 11 is 6.15. The highest BCUT2D eigenvalue weighted by atomic mass is 35.5. The maximum absolute atomic E-state index is 13.1. The molecule has 0 saturated carbocycles. The Kier molecular flexibility index (Phi) is 8.30. The molecule has 2 aromatic carbocycles. The van der Waals surface area contributed by atoms with E-state index in [1.165, 1.54) is 18.2 Å². The van der Waals surface area contributed by atoms with Crippen molar-refractivity contribution < 1.29 is 19.5 Å². The Balaban J connectivity index is 2.48. The fourth-order valence-corrected chi connectivity index (χ4v) is 3.02. The number of carbonyl (C=O) groups excluding carboxylic acids is 3. The molecule has 32 heavy (non-hydrogen) atoms. The lowest BCUT2D eigenvalue weighted by Crippen LogP contribution is -2.37. The smallest absolute Gasteiger partial charge is 0.278 e. The van der Waals surface area contributed by atoms with E-state index in [9.17, 15) is 14.4 Å². The molecule has 0 heterocycles. The number of hydrogen-bond donors (Lipinski definition) is 2. The highest BCUT2D eigenvalue weighted by molar-refractivity contribution is 6.68.